The van der Waals surface area contributed by atoms with E-state index in [2.05, 4.69) is 84.5 Å². The van der Waals surface area contributed by atoms with Crippen LogP contribution < -0.4 is 5.32 Å². The van der Waals surface area contributed by atoms with Gasteiger partial charge in [-0.2, -0.15) is 0 Å². The van der Waals surface area contributed by atoms with E-state index in [1.807, 2.05) is 0 Å². The molecule has 0 amide bonds. The Bertz CT molecular complexity index is 758. The van der Waals surface area contributed by atoms with Gasteiger partial charge in [0.15, 0.2) is 0 Å². The van der Waals surface area contributed by atoms with E-state index in [1.54, 1.807) is 0 Å². The van der Waals surface area contributed by atoms with Crippen LogP contribution in [0.5, 0.6) is 0 Å². The molecule has 2 aromatic carbocycles. The van der Waals surface area contributed by atoms with Crippen LogP contribution in [-0.2, 0) is 13.1 Å². The number of aryl methyl sites for hydroxylation is 1. The first-order chi connectivity index (χ1) is 11.8. The largest absolute Gasteiger partial charge is 0.347 e. The highest BCUT2D eigenvalue weighted by Crippen LogP contribution is 2.24. The summed E-state index contributed by atoms with van der Waals surface area (Å²) in [5.41, 5.74) is 4.13. The zero-order valence-electron chi connectivity index (χ0n) is 14.8. The van der Waals surface area contributed by atoms with E-state index < -0.39 is 0 Å². The predicted molar refractivity (Wildman–Crippen MR) is 103 cm³/mol. The van der Waals surface area contributed by atoms with Gasteiger partial charge in [0.05, 0.1) is 0 Å². The highest BCUT2D eigenvalue weighted by molar-refractivity contribution is 5.83. The lowest BCUT2D eigenvalue weighted by molar-refractivity contribution is 0.494. The van der Waals surface area contributed by atoms with Crippen molar-refractivity contribution >= 4 is 10.9 Å². The van der Waals surface area contributed by atoms with E-state index in [0.717, 1.165) is 25.9 Å². The molecule has 24 heavy (non-hydrogen) atoms. The summed E-state index contributed by atoms with van der Waals surface area (Å²) < 4.78 is 2.39. The van der Waals surface area contributed by atoms with Gasteiger partial charge in [-0.05, 0) is 30.0 Å². The number of para-hydroxylation sites is 1. The average molecular weight is 320 g/mol. The van der Waals surface area contributed by atoms with Crippen LogP contribution in [0.25, 0.3) is 10.9 Å². The van der Waals surface area contributed by atoms with Crippen molar-refractivity contribution in [3.05, 3.63) is 71.9 Å². The lowest BCUT2D eigenvalue weighted by atomic mass is 10.0. The van der Waals surface area contributed by atoms with Gasteiger partial charge in [0.25, 0.3) is 0 Å². The fourth-order valence-electron chi connectivity index (χ4n) is 3.48. The summed E-state index contributed by atoms with van der Waals surface area (Å²) in [5.74, 6) is 0. The number of hydrogen-bond donors (Lipinski definition) is 1. The van der Waals surface area contributed by atoms with Crippen LogP contribution >= 0.6 is 0 Å². The van der Waals surface area contributed by atoms with Gasteiger partial charge in [-0.3, -0.25) is 0 Å². The van der Waals surface area contributed by atoms with Crippen molar-refractivity contribution in [1.29, 1.82) is 0 Å². The number of nitrogens with one attached hydrogen (secondary N) is 1. The standard InChI is InChI=1S/C22H28N2/c1-3-10-21(18-11-6-5-7-12-18)23-16-19-17-24(15-4-2)22-14-9-8-13-20(19)22/h5-9,11-14,17,21,23H,3-4,10,15-16H2,1-2H3/t21-/m0/s1. The van der Waals surface area contributed by atoms with Crippen LogP contribution in [0.4, 0.5) is 0 Å². The lowest BCUT2D eigenvalue weighted by Crippen LogP contribution is -2.20. The normalized spacial score (nSPS) is 12.6. The minimum Gasteiger partial charge on any atom is -0.347 e. The van der Waals surface area contributed by atoms with Gasteiger partial charge in [0, 0.05) is 36.2 Å². The SMILES string of the molecule is CCC[C@H](NCc1cn(CCC)c2ccccc12)c1ccccc1. The summed E-state index contributed by atoms with van der Waals surface area (Å²) in [7, 11) is 0. The first-order valence-corrected chi connectivity index (χ1v) is 9.18. The molecule has 126 valence electrons. The molecule has 1 N–H and O–H groups in total. The summed E-state index contributed by atoms with van der Waals surface area (Å²) in [4.78, 5) is 0. The van der Waals surface area contributed by atoms with Crippen LogP contribution in [-0.4, -0.2) is 4.57 Å². The van der Waals surface area contributed by atoms with Gasteiger partial charge in [-0.15, -0.1) is 0 Å². The average Bonchev–Trinajstić information content (AvgIpc) is 2.98. The smallest absolute Gasteiger partial charge is 0.0483 e. The van der Waals surface area contributed by atoms with Crippen molar-refractivity contribution in [2.24, 2.45) is 0 Å². The fraction of sp³-hybridized carbons (Fsp3) is 0.364. The Balaban J connectivity index is 1.81. The first kappa shape index (κ1) is 16.8. The molecule has 0 saturated heterocycles. The van der Waals surface area contributed by atoms with Gasteiger partial charge in [-0.25, -0.2) is 0 Å². The monoisotopic (exact) mass is 320 g/mol. The van der Waals surface area contributed by atoms with Crippen molar-refractivity contribution in [2.45, 2.75) is 52.2 Å². The first-order valence-electron chi connectivity index (χ1n) is 9.18. The molecule has 0 radical (unpaired) electrons. The van der Waals surface area contributed by atoms with Crippen LogP contribution in [0.2, 0.25) is 0 Å². The fourth-order valence-corrected chi connectivity index (χ4v) is 3.48. The maximum Gasteiger partial charge on any atom is 0.0483 e. The Morgan fingerprint density at radius 3 is 2.42 bits per heavy atom. The molecule has 2 heteroatoms. The van der Waals surface area contributed by atoms with E-state index in [1.165, 1.54) is 28.5 Å². The Kier molecular flexibility index (Phi) is 5.71. The number of nitrogens with zero attached hydrogens (tertiary/aromatic N) is 1. The zero-order valence-corrected chi connectivity index (χ0v) is 14.8. The Morgan fingerprint density at radius 1 is 0.917 bits per heavy atom. The Labute approximate surface area is 145 Å². The lowest BCUT2D eigenvalue weighted by Gasteiger charge is -2.18. The molecule has 0 aliphatic rings. The second-order valence-electron chi connectivity index (χ2n) is 6.50. The molecule has 1 atom stereocenters. The molecule has 0 spiro atoms. The van der Waals surface area contributed by atoms with Gasteiger partial charge in [-0.1, -0.05) is 68.8 Å². The van der Waals surface area contributed by atoms with Gasteiger partial charge < -0.3 is 9.88 Å². The molecule has 0 aliphatic carbocycles. The molecule has 2 nitrogen and oxygen atoms in total. The van der Waals surface area contributed by atoms with Crippen LogP contribution in [0.3, 0.4) is 0 Å². The highest BCUT2D eigenvalue weighted by atomic mass is 15.0. The third-order valence-electron chi connectivity index (χ3n) is 4.65. The van der Waals surface area contributed by atoms with Crippen molar-refractivity contribution in [3.8, 4) is 0 Å². The van der Waals surface area contributed by atoms with Crippen molar-refractivity contribution < 1.29 is 0 Å². The third-order valence-corrected chi connectivity index (χ3v) is 4.65. The molecule has 3 rings (SSSR count). The van der Waals surface area contributed by atoms with Crippen molar-refractivity contribution in [3.63, 3.8) is 0 Å². The highest BCUT2D eigenvalue weighted by Gasteiger charge is 2.12. The van der Waals surface area contributed by atoms with Gasteiger partial charge in [0.1, 0.15) is 0 Å². The van der Waals surface area contributed by atoms with E-state index in [9.17, 15) is 0 Å². The molecular weight excluding hydrogens is 292 g/mol. The molecule has 3 aromatic rings. The number of rotatable bonds is 8. The summed E-state index contributed by atoms with van der Waals surface area (Å²) in [5, 5.41) is 5.16. The molecule has 0 unspecified atom stereocenters. The van der Waals surface area contributed by atoms with Crippen LogP contribution in [0, 0.1) is 0 Å². The summed E-state index contributed by atoms with van der Waals surface area (Å²) in [6.45, 7) is 6.48. The molecular formula is C22H28N2. The Morgan fingerprint density at radius 2 is 1.67 bits per heavy atom. The number of hydrogen-bond acceptors (Lipinski definition) is 1. The van der Waals surface area contributed by atoms with E-state index in [0.29, 0.717) is 6.04 Å². The molecule has 0 aliphatic heterocycles. The van der Waals surface area contributed by atoms with Crippen LogP contribution in [0.15, 0.2) is 60.8 Å². The molecule has 1 aromatic heterocycles. The number of aromatic nitrogens is 1. The Hall–Kier alpha value is -2.06. The topological polar surface area (TPSA) is 17.0 Å². The van der Waals surface area contributed by atoms with E-state index in [-0.39, 0.29) is 0 Å². The summed E-state index contributed by atoms with van der Waals surface area (Å²) >= 11 is 0. The number of benzene rings is 2. The maximum atomic E-state index is 3.79. The minimum atomic E-state index is 0.421. The molecule has 0 saturated carbocycles. The second kappa shape index (κ2) is 8.16. The molecule has 0 fully saturated rings. The van der Waals surface area contributed by atoms with Gasteiger partial charge in [0.2, 0.25) is 0 Å². The zero-order chi connectivity index (χ0) is 16.8. The van der Waals surface area contributed by atoms with Gasteiger partial charge >= 0.3 is 0 Å². The maximum absolute atomic E-state index is 3.79. The predicted octanol–water partition coefficient (Wildman–Crippen LogP) is 5.68. The molecule has 1 heterocycles. The second-order valence-corrected chi connectivity index (χ2v) is 6.50. The van der Waals surface area contributed by atoms with Crippen molar-refractivity contribution in [2.75, 3.05) is 0 Å². The quantitative estimate of drug-likeness (QED) is 0.565. The van der Waals surface area contributed by atoms with Crippen molar-refractivity contribution in [1.82, 2.24) is 9.88 Å². The minimum absolute atomic E-state index is 0.421. The molecule has 0 bridgehead atoms. The third kappa shape index (κ3) is 3.70. The van der Waals surface area contributed by atoms with E-state index in [4.69, 9.17) is 0 Å². The number of fused-ring (bicyclic) bond motifs is 1. The van der Waals surface area contributed by atoms with E-state index >= 15 is 0 Å². The summed E-state index contributed by atoms with van der Waals surface area (Å²) in [6.07, 6.45) is 5.84. The summed E-state index contributed by atoms with van der Waals surface area (Å²) in [6, 6.07) is 20.0. The van der Waals surface area contributed by atoms with Crippen LogP contribution in [0.1, 0.15) is 50.3 Å².